The summed E-state index contributed by atoms with van der Waals surface area (Å²) in [6, 6.07) is 34.9. The lowest BCUT2D eigenvalue weighted by Gasteiger charge is -2.12. The van der Waals surface area contributed by atoms with Crippen molar-refractivity contribution in [3.63, 3.8) is 0 Å². The summed E-state index contributed by atoms with van der Waals surface area (Å²) in [4.78, 5) is 4.91. The molecule has 36 heavy (non-hydrogen) atoms. The third-order valence-electron chi connectivity index (χ3n) is 7.61. The molecule has 0 radical (unpaired) electrons. The Morgan fingerprint density at radius 2 is 1.53 bits per heavy atom. The molecule has 3 heteroatoms. The van der Waals surface area contributed by atoms with Gasteiger partial charge in [-0.25, -0.2) is 4.98 Å². The van der Waals surface area contributed by atoms with Crippen molar-refractivity contribution in [3.8, 4) is 11.4 Å². The number of pyridine rings is 1. The lowest BCUT2D eigenvalue weighted by Crippen LogP contribution is -2.00. The summed E-state index contributed by atoms with van der Waals surface area (Å²) < 4.78 is 4.79. The van der Waals surface area contributed by atoms with Crippen LogP contribution in [0, 0.1) is 0 Å². The molecule has 4 aromatic carbocycles. The van der Waals surface area contributed by atoms with Crippen molar-refractivity contribution in [1.29, 1.82) is 0 Å². The average molecular weight is 462 g/mol. The Bertz CT molecular complexity index is 1990. The largest absolute Gasteiger partial charge is 0.309 e. The van der Waals surface area contributed by atoms with Gasteiger partial charge in [-0.2, -0.15) is 0 Å². The van der Waals surface area contributed by atoms with Crippen molar-refractivity contribution in [1.82, 2.24) is 14.1 Å². The van der Waals surface area contributed by atoms with Gasteiger partial charge in [0.05, 0.1) is 11.0 Å². The normalized spacial score (nSPS) is 13.2. The number of hydrogen-bond donors (Lipinski definition) is 0. The Balaban J connectivity index is 1.56. The number of para-hydroxylation sites is 1. The highest BCUT2D eigenvalue weighted by Crippen LogP contribution is 2.42. The lowest BCUT2D eigenvalue weighted by atomic mass is 10.00. The minimum absolute atomic E-state index is 0.990. The van der Waals surface area contributed by atoms with Crippen LogP contribution >= 0.6 is 0 Å². The first-order valence-corrected chi connectivity index (χ1v) is 12.5. The topological polar surface area (TPSA) is 22.8 Å². The summed E-state index contributed by atoms with van der Waals surface area (Å²) in [5.41, 5.74) is 8.51. The minimum atomic E-state index is 0.990. The Kier molecular flexibility index (Phi) is 4.06. The fraction of sp³-hybridized carbons (Fsp3) is 0.0606. The van der Waals surface area contributed by atoms with E-state index in [1.807, 2.05) is 6.20 Å². The van der Waals surface area contributed by atoms with Gasteiger partial charge < -0.3 is 4.57 Å². The van der Waals surface area contributed by atoms with E-state index in [4.69, 9.17) is 4.98 Å². The summed E-state index contributed by atoms with van der Waals surface area (Å²) >= 11 is 0. The number of allylic oxidation sites excluding steroid dienone is 1. The highest BCUT2D eigenvalue weighted by Gasteiger charge is 2.24. The average Bonchev–Trinajstić information content (AvgIpc) is 3.46. The van der Waals surface area contributed by atoms with E-state index in [1.165, 1.54) is 54.9 Å². The van der Waals surface area contributed by atoms with Gasteiger partial charge in [0.25, 0.3) is 0 Å². The summed E-state index contributed by atoms with van der Waals surface area (Å²) in [6.07, 6.45) is 8.66. The number of rotatable bonds is 2. The van der Waals surface area contributed by atoms with Gasteiger partial charge in [0.15, 0.2) is 0 Å². The molecular weight excluding hydrogens is 438 g/mol. The van der Waals surface area contributed by atoms with Crippen LogP contribution in [0.3, 0.4) is 0 Å². The number of fused-ring (bicyclic) bond motifs is 8. The first kappa shape index (κ1) is 19.7. The first-order chi connectivity index (χ1) is 17.9. The number of hydrogen-bond acceptors (Lipinski definition) is 1. The second-order valence-corrected chi connectivity index (χ2v) is 9.57. The van der Waals surface area contributed by atoms with Crippen LogP contribution in [0.2, 0.25) is 0 Å². The molecule has 1 aliphatic carbocycles. The fourth-order valence-corrected chi connectivity index (χ4v) is 6.07. The van der Waals surface area contributed by atoms with E-state index in [9.17, 15) is 0 Å². The first-order valence-electron chi connectivity index (χ1n) is 12.5. The van der Waals surface area contributed by atoms with E-state index < -0.39 is 0 Å². The van der Waals surface area contributed by atoms with E-state index in [0.29, 0.717) is 0 Å². The standard InChI is InChI=1S/C33H23N3/c1-2-11-24(12-3-1)35-29-15-7-6-13-26(29)27-18-19-30-31(32(27)35)28-14-8-20-34-33(28)36(30)25-17-16-22-9-4-5-10-23(22)21-25/h1-5,7-12,14-21H,6,13H2. The molecule has 0 saturated heterocycles. The number of benzene rings is 4. The predicted molar refractivity (Wildman–Crippen MR) is 150 cm³/mol. The number of nitrogens with zero attached hydrogens (tertiary/aromatic N) is 3. The highest BCUT2D eigenvalue weighted by molar-refractivity contribution is 6.21. The number of aryl methyl sites for hydroxylation is 1. The van der Waals surface area contributed by atoms with Gasteiger partial charge in [-0.3, -0.25) is 4.57 Å². The van der Waals surface area contributed by atoms with Crippen LogP contribution < -0.4 is 0 Å². The van der Waals surface area contributed by atoms with Gasteiger partial charge in [0.2, 0.25) is 0 Å². The molecule has 0 fully saturated rings. The zero-order valence-electron chi connectivity index (χ0n) is 19.7. The zero-order valence-corrected chi connectivity index (χ0v) is 19.7. The Morgan fingerprint density at radius 3 is 2.44 bits per heavy atom. The molecule has 8 rings (SSSR count). The molecule has 0 bridgehead atoms. The summed E-state index contributed by atoms with van der Waals surface area (Å²) in [6.45, 7) is 0. The van der Waals surface area contributed by atoms with Gasteiger partial charge in [-0.1, -0.05) is 60.7 Å². The second kappa shape index (κ2) is 7.43. The third-order valence-corrected chi connectivity index (χ3v) is 7.61. The molecule has 0 saturated carbocycles. The summed E-state index contributed by atoms with van der Waals surface area (Å²) in [5.74, 6) is 0. The van der Waals surface area contributed by atoms with Crippen molar-refractivity contribution in [2.75, 3.05) is 0 Å². The van der Waals surface area contributed by atoms with Crippen LogP contribution in [0.1, 0.15) is 17.7 Å². The molecule has 1 aliphatic rings. The molecule has 170 valence electrons. The maximum atomic E-state index is 4.91. The number of aromatic nitrogens is 3. The third kappa shape index (κ3) is 2.65. The molecule has 3 heterocycles. The van der Waals surface area contributed by atoms with Gasteiger partial charge in [0, 0.05) is 39.4 Å². The van der Waals surface area contributed by atoms with Crippen molar-refractivity contribution >= 4 is 49.7 Å². The molecule has 0 aliphatic heterocycles. The van der Waals surface area contributed by atoms with E-state index in [0.717, 1.165) is 24.2 Å². The van der Waals surface area contributed by atoms with Crippen LogP contribution in [0.25, 0.3) is 61.1 Å². The maximum absolute atomic E-state index is 4.91. The Hall–Kier alpha value is -4.63. The fourth-order valence-electron chi connectivity index (χ4n) is 6.07. The molecule has 0 spiro atoms. The van der Waals surface area contributed by atoms with E-state index >= 15 is 0 Å². The van der Waals surface area contributed by atoms with Crippen LogP contribution in [-0.4, -0.2) is 14.1 Å². The Labute approximate surface area is 208 Å². The quantitative estimate of drug-likeness (QED) is 0.254. The molecule has 0 N–H and O–H groups in total. The molecule has 0 atom stereocenters. The van der Waals surface area contributed by atoms with Crippen molar-refractivity contribution in [2.24, 2.45) is 0 Å². The zero-order chi connectivity index (χ0) is 23.6. The van der Waals surface area contributed by atoms with Gasteiger partial charge in [-0.15, -0.1) is 0 Å². The smallest absolute Gasteiger partial charge is 0.145 e. The Morgan fingerprint density at radius 1 is 0.667 bits per heavy atom. The van der Waals surface area contributed by atoms with Gasteiger partial charge in [0.1, 0.15) is 5.65 Å². The van der Waals surface area contributed by atoms with Gasteiger partial charge >= 0.3 is 0 Å². The van der Waals surface area contributed by atoms with E-state index in [-0.39, 0.29) is 0 Å². The molecule has 0 amide bonds. The predicted octanol–water partition coefficient (Wildman–Crippen LogP) is 8.24. The van der Waals surface area contributed by atoms with Crippen LogP contribution in [0.5, 0.6) is 0 Å². The molecule has 0 unspecified atom stereocenters. The monoisotopic (exact) mass is 461 g/mol. The van der Waals surface area contributed by atoms with E-state index in [2.05, 4.69) is 118 Å². The second-order valence-electron chi connectivity index (χ2n) is 9.57. The van der Waals surface area contributed by atoms with E-state index in [1.54, 1.807) is 0 Å². The molecular formula is C33H23N3. The van der Waals surface area contributed by atoms with Crippen molar-refractivity contribution < 1.29 is 0 Å². The van der Waals surface area contributed by atoms with Crippen LogP contribution in [0.4, 0.5) is 0 Å². The van der Waals surface area contributed by atoms with Crippen molar-refractivity contribution in [3.05, 3.63) is 121 Å². The lowest BCUT2D eigenvalue weighted by molar-refractivity contribution is 0.968. The minimum Gasteiger partial charge on any atom is -0.309 e. The maximum Gasteiger partial charge on any atom is 0.145 e. The molecule has 3 nitrogen and oxygen atoms in total. The molecule has 3 aromatic heterocycles. The van der Waals surface area contributed by atoms with Crippen molar-refractivity contribution in [2.45, 2.75) is 12.8 Å². The summed E-state index contributed by atoms with van der Waals surface area (Å²) in [7, 11) is 0. The SMILES string of the molecule is C1=Cc2c(c3ccc4c(c5cccnc5n4-c4ccc5ccccc5c4)c3n2-c2ccccc2)CC1. The van der Waals surface area contributed by atoms with Crippen LogP contribution in [0.15, 0.2) is 109 Å². The highest BCUT2D eigenvalue weighted by atomic mass is 15.1. The molecule has 7 aromatic rings. The summed E-state index contributed by atoms with van der Waals surface area (Å²) in [5, 5.41) is 6.26. The van der Waals surface area contributed by atoms with Crippen LogP contribution in [-0.2, 0) is 6.42 Å². The van der Waals surface area contributed by atoms with Gasteiger partial charge in [-0.05, 0) is 77.7 Å².